The predicted molar refractivity (Wildman–Crippen MR) is 136 cm³/mol. The summed E-state index contributed by atoms with van der Waals surface area (Å²) in [6, 6.07) is 12.6. The summed E-state index contributed by atoms with van der Waals surface area (Å²) in [7, 11) is 4.14. The molecule has 2 aliphatic heterocycles. The van der Waals surface area contributed by atoms with Crippen LogP contribution < -0.4 is 10.2 Å². The molecule has 3 aromatic rings. The van der Waals surface area contributed by atoms with Crippen molar-refractivity contribution in [3.05, 3.63) is 64.8 Å². The smallest absolute Gasteiger partial charge is 0.259 e. The van der Waals surface area contributed by atoms with Crippen LogP contribution in [0, 0.1) is 0 Å². The first kappa shape index (κ1) is 21.2. The molecule has 0 bridgehead atoms. The van der Waals surface area contributed by atoms with Gasteiger partial charge < -0.3 is 14.4 Å². The Labute approximate surface area is 199 Å². The van der Waals surface area contributed by atoms with E-state index in [0.29, 0.717) is 11.1 Å². The Bertz CT molecular complexity index is 1360. The largest absolute Gasteiger partial charge is 0.369 e. The lowest BCUT2D eigenvalue weighted by Crippen LogP contribution is -2.44. The Morgan fingerprint density at radius 3 is 2.32 bits per heavy atom. The molecule has 6 nitrogen and oxygen atoms in total. The SMILES string of the molecule is CN1CCN(c2cc3c(c(C4=C(c5cn(C)c6ccccc56)C(=O)NC4=O)c2)CCCC3)CC1. The first-order valence-electron chi connectivity index (χ1n) is 12.3. The zero-order chi connectivity index (χ0) is 23.4. The first-order valence-corrected chi connectivity index (χ1v) is 12.3. The molecule has 0 spiro atoms. The van der Waals surface area contributed by atoms with E-state index in [1.165, 1.54) is 23.2 Å². The summed E-state index contributed by atoms with van der Waals surface area (Å²) in [6.45, 7) is 3.98. The number of aryl methyl sites for hydroxylation is 2. The van der Waals surface area contributed by atoms with Crippen molar-refractivity contribution in [1.82, 2.24) is 14.8 Å². The molecule has 1 N–H and O–H groups in total. The van der Waals surface area contributed by atoms with Crippen molar-refractivity contribution in [2.45, 2.75) is 25.7 Å². The van der Waals surface area contributed by atoms with Gasteiger partial charge in [-0.05, 0) is 67.6 Å². The maximum atomic E-state index is 13.3. The van der Waals surface area contributed by atoms with Gasteiger partial charge in [-0.3, -0.25) is 14.9 Å². The van der Waals surface area contributed by atoms with Crippen LogP contribution in [-0.4, -0.2) is 54.5 Å². The molecule has 3 aliphatic rings. The highest BCUT2D eigenvalue weighted by atomic mass is 16.2. The number of anilines is 1. The maximum absolute atomic E-state index is 13.3. The normalized spacial score (nSPS) is 19.2. The molecule has 3 heterocycles. The highest BCUT2D eigenvalue weighted by Crippen LogP contribution is 2.40. The number of carbonyl (C=O) groups is 2. The Kier molecular flexibility index (Phi) is 5.06. The van der Waals surface area contributed by atoms with E-state index in [0.717, 1.165) is 67.5 Å². The third kappa shape index (κ3) is 3.36. The molecule has 34 heavy (non-hydrogen) atoms. The van der Waals surface area contributed by atoms with Gasteiger partial charge >= 0.3 is 0 Å². The van der Waals surface area contributed by atoms with E-state index in [-0.39, 0.29) is 11.8 Å². The zero-order valence-electron chi connectivity index (χ0n) is 19.9. The first-order chi connectivity index (χ1) is 16.5. The van der Waals surface area contributed by atoms with Crippen LogP contribution in [0.15, 0.2) is 42.6 Å². The average Bonchev–Trinajstić information content (AvgIpc) is 3.33. The van der Waals surface area contributed by atoms with Crippen LogP contribution >= 0.6 is 0 Å². The summed E-state index contributed by atoms with van der Waals surface area (Å²) < 4.78 is 2.03. The van der Waals surface area contributed by atoms with Crippen LogP contribution in [-0.2, 0) is 29.5 Å². The van der Waals surface area contributed by atoms with Crippen molar-refractivity contribution in [3.8, 4) is 0 Å². The van der Waals surface area contributed by atoms with Gasteiger partial charge in [0.2, 0.25) is 0 Å². The molecule has 1 saturated heterocycles. The van der Waals surface area contributed by atoms with Crippen LogP contribution in [0.4, 0.5) is 5.69 Å². The second-order valence-electron chi connectivity index (χ2n) is 9.83. The summed E-state index contributed by atoms with van der Waals surface area (Å²) >= 11 is 0. The summed E-state index contributed by atoms with van der Waals surface area (Å²) in [5.41, 5.74) is 7.59. The quantitative estimate of drug-likeness (QED) is 0.617. The van der Waals surface area contributed by atoms with E-state index in [9.17, 15) is 9.59 Å². The number of carbonyl (C=O) groups excluding carboxylic acids is 2. The Hall–Kier alpha value is -3.38. The molecule has 2 aromatic carbocycles. The second kappa shape index (κ2) is 8.13. The fraction of sp³-hybridized carbons (Fsp3) is 0.357. The molecule has 1 aliphatic carbocycles. The van der Waals surface area contributed by atoms with Gasteiger partial charge in [0.25, 0.3) is 11.8 Å². The van der Waals surface area contributed by atoms with Crippen LogP contribution in [0.5, 0.6) is 0 Å². The number of hydrogen-bond donors (Lipinski definition) is 1. The fourth-order valence-corrected chi connectivity index (χ4v) is 5.83. The third-order valence-corrected chi connectivity index (χ3v) is 7.69. The average molecular weight is 455 g/mol. The van der Waals surface area contributed by atoms with Gasteiger partial charge in [0.05, 0.1) is 11.1 Å². The molecule has 6 heteroatoms. The maximum Gasteiger partial charge on any atom is 0.259 e. The van der Waals surface area contributed by atoms with Crippen LogP contribution in [0.2, 0.25) is 0 Å². The number of fused-ring (bicyclic) bond motifs is 2. The number of imide groups is 1. The molecule has 0 unspecified atom stereocenters. The van der Waals surface area contributed by atoms with E-state index in [1.54, 1.807) is 0 Å². The van der Waals surface area contributed by atoms with Gasteiger partial charge in [-0.15, -0.1) is 0 Å². The van der Waals surface area contributed by atoms with Crippen molar-refractivity contribution in [1.29, 1.82) is 0 Å². The van der Waals surface area contributed by atoms with Gasteiger partial charge in [-0.25, -0.2) is 0 Å². The number of rotatable bonds is 3. The monoisotopic (exact) mass is 454 g/mol. The van der Waals surface area contributed by atoms with Crippen LogP contribution in [0.25, 0.3) is 22.0 Å². The number of hydrogen-bond acceptors (Lipinski definition) is 4. The van der Waals surface area contributed by atoms with Gasteiger partial charge in [0.1, 0.15) is 0 Å². The number of nitrogens with one attached hydrogen (secondary N) is 1. The molecular weight excluding hydrogens is 424 g/mol. The van der Waals surface area contributed by atoms with E-state index < -0.39 is 0 Å². The minimum absolute atomic E-state index is 0.281. The molecule has 0 radical (unpaired) electrons. The van der Waals surface area contributed by atoms with Crippen molar-refractivity contribution >= 4 is 39.6 Å². The second-order valence-corrected chi connectivity index (χ2v) is 9.83. The van der Waals surface area contributed by atoms with Gasteiger partial charge in [0, 0.05) is 61.6 Å². The Morgan fingerprint density at radius 1 is 0.824 bits per heavy atom. The number of para-hydroxylation sites is 1. The highest BCUT2D eigenvalue weighted by Gasteiger charge is 2.36. The number of nitrogens with zero attached hydrogens (tertiary/aromatic N) is 3. The predicted octanol–water partition coefficient (Wildman–Crippen LogP) is 3.38. The van der Waals surface area contributed by atoms with E-state index in [4.69, 9.17) is 0 Å². The summed E-state index contributed by atoms with van der Waals surface area (Å²) in [6.07, 6.45) is 6.23. The molecule has 6 rings (SSSR count). The lowest BCUT2D eigenvalue weighted by molar-refractivity contribution is -0.122. The number of likely N-dealkylation sites (N-methyl/N-ethyl adjacent to an activating group) is 1. The van der Waals surface area contributed by atoms with Crippen LogP contribution in [0.1, 0.15) is 35.1 Å². The van der Waals surface area contributed by atoms with Crippen molar-refractivity contribution in [2.24, 2.45) is 7.05 Å². The molecule has 174 valence electrons. The molecule has 2 amide bonds. The minimum Gasteiger partial charge on any atom is -0.369 e. The van der Waals surface area contributed by atoms with Crippen LogP contribution in [0.3, 0.4) is 0 Å². The summed E-state index contributed by atoms with van der Waals surface area (Å²) in [5.74, 6) is -0.581. The lowest BCUT2D eigenvalue weighted by Gasteiger charge is -2.35. The fourth-order valence-electron chi connectivity index (χ4n) is 5.83. The van der Waals surface area contributed by atoms with Gasteiger partial charge in [0.15, 0.2) is 0 Å². The van der Waals surface area contributed by atoms with E-state index >= 15 is 0 Å². The number of benzene rings is 2. The number of amides is 2. The summed E-state index contributed by atoms with van der Waals surface area (Å²) in [4.78, 5) is 31.3. The van der Waals surface area contributed by atoms with Crippen molar-refractivity contribution in [2.75, 3.05) is 38.1 Å². The Balaban J connectivity index is 1.58. The zero-order valence-corrected chi connectivity index (χ0v) is 19.9. The molecule has 0 atom stereocenters. The molecule has 1 aromatic heterocycles. The molecule has 1 fully saturated rings. The number of aromatic nitrogens is 1. The highest BCUT2D eigenvalue weighted by molar-refractivity contribution is 6.50. The standard InChI is InChI=1S/C28H30N4O2/c1-30-11-13-32(14-12-30)19-15-18-7-3-4-8-20(18)22(16-19)25-26(28(34)29-27(25)33)23-17-31(2)24-10-6-5-9-21(23)24/h5-6,9-10,15-17H,3-4,7-8,11-14H2,1-2H3,(H,29,33,34). The van der Waals surface area contributed by atoms with Crippen molar-refractivity contribution in [3.63, 3.8) is 0 Å². The van der Waals surface area contributed by atoms with Gasteiger partial charge in [-0.1, -0.05) is 18.2 Å². The van der Waals surface area contributed by atoms with E-state index in [1.807, 2.05) is 42.1 Å². The topological polar surface area (TPSA) is 57.6 Å². The van der Waals surface area contributed by atoms with Gasteiger partial charge in [-0.2, -0.15) is 0 Å². The van der Waals surface area contributed by atoms with E-state index in [2.05, 4.69) is 34.3 Å². The molecule has 0 saturated carbocycles. The lowest BCUT2D eigenvalue weighted by atomic mass is 9.83. The van der Waals surface area contributed by atoms with Crippen molar-refractivity contribution < 1.29 is 9.59 Å². The molecular formula is C28H30N4O2. The third-order valence-electron chi connectivity index (χ3n) is 7.69. The minimum atomic E-state index is -0.300. The Morgan fingerprint density at radius 2 is 1.53 bits per heavy atom. The number of piperazine rings is 1. The summed E-state index contributed by atoms with van der Waals surface area (Å²) in [5, 5.41) is 3.61.